The Morgan fingerprint density at radius 2 is 2.50 bits per heavy atom. The van der Waals surface area contributed by atoms with Crippen molar-refractivity contribution in [2.24, 2.45) is 0 Å². The molecule has 1 fully saturated rings. The monoisotopic (exact) mass is 193 g/mol. The molecule has 0 aromatic rings. The van der Waals surface area contributed by atoms with Crippen molar-refractivity contribution in [2.45, 2.75) is 12.1 Å². The third-order valence-corrected chi connectivity index (χ3v) is 1.72. The average molecular weight is 194 g/mol. The minimum atomic E-state index is -0.968. The normalized spacial score (nSPS) is 28.3. The lowest BCUT2D eigenvalue weighted by atomic mass is 10.2. The first-order valence-corrected chi connectivity index (χ1v) is 3.88. The molecule has 0 spiro atoms. The Kier molecular flexibility index (Phi) is 2.88. The van der Waals surface area contributed by atoms with Gasteiger partial charge < -0.3 is 15.2 Å². The zero-order valence-electron chi connectivity index (χ0n) is 6.12. The minimum absolute atomic E-state index is 0.0773. The molecule has 1 saturated heterocycles. The van der Waals surface area contributed by atoms with Crippen LogP contribution in [0.3, 0.4) is 0 Å². The Balaban J connectivity index is 2.50. The summed E-state index contributed by atoms with van der Waals surface area (Å²) in [5.74, 6) is -1.36. The molecule has 0 aromatic heterocycles. The second-order valence-corrected chi connectivity index (χ2v) is 2.64. The number of hydrogen-bond acceptors (Lipinski definition) is 4. The van der Waals surface area contributed by atoms with Crippen LogP contribution in [-0.2, 0) is 14.3 Å². The van der Waals surface area contributed by atoms with Gasteiger partial charge in [0, 0.05) is 0 Å². The first kappa shape index (κ1) is 9.28. The molecule has 1 amide bonds. The molecule has 0 radical (unpaired) electrons. The van der Waals surface area contributed by atoms with Crippen molar-refractivity contribution in [2.75, 3.05) is 12.5 Å². The Labute approximate surface area is 73.6 Å². The van der Waals surface area contributed by atoms with E-state index in [9.17, 15) is 9.59 Å². The highest BCUT2D eigenvalue weighted by Crippen LogP contribution is 2.06. The Bertz CT molecular complexity index is 208. The number of halogens is 1. The maximum atomic E-state index is 10.8. The molecule has 0 saturated carbocycles. The second kappa shape index (κ2) is 3.73. The Morgan fingerprint density at radius 3 is 2.92 bits per heavy atom. The lowest BCUT2D eigenvalue weighted by Crippen LogP contribution is -2.45. The van der Waals surface area contributed by atoms with Crippen molar-refractivity contribution in [1.29, 1.82) is 0 Å². The molecule has 6 heteroatoms. The van der Waals surface area contributed by atoms with Gasteiger partial charge in [-0.25, -0.2) is 4.79 Å². The number of hydrogen-bond donors (Lipinski definition) is 2. The molecule has 2 unspecified atom stereocenters. The number of cyclic esters (lactones) is 1. The van der Waals surface area contributed by atoms with Crippen LogP contribution in [0.15, 0.2) is 0 Å². The van der Waals surface area contributed by atoms with E-state index >= 15 is 0 Å². The van der Waals surface area contributed by atoms with Gasteiger partial charge in [-0.3, -0.25) is 4.79 Å². The molecule has 68 valence electrons. The number of amides is 1. The molecule has 12 heavy (non-hydrogen) atoms. The number of carbonyl (C=O) groups is 2. The molecule has 1 aliphatic heterocycles. The summed E-state index contributed by atoms with van der Waals surface area (Å²) in [7, 11) is 0. The molecule has 0 aromatic carbocycles. The van der Waals surface area contributed by atoms with Gasteiger partial charge in [0.1, 0.15) is 18.6 Å². The van der Waals surface area contributed by atoms with Crippen molar-refractivity contribution in [3.8, 4) is 0 Å². The summed E-state index contributed by atoms with van der Waals surface area (Å²) in [6.07, 6.45) is -0.968. The number of ether oxygens (including phenoxy) is 1. The first-order chi connectivity index (χ1) is 5.65. The maximum absolute atomic E-state index is 10.8. The molecular formula is C6H8ClNO4. The van der Waals surface area contributed by atoms with Crippen LogP contribution >= 0.6 is 11.6 Å². The van der Waals surface area contributed by atoms with E-state index in [4.69, 9.17) is 16.7 Å². The number of rotatable bonds is 2. The molecule has 1 rings (SSSR count). The molecule has 2 atom stereocenters. The van der Waals surface area contributed by atoms with Gasteiger partial charge in [0.05, 0.1) is 0 Å². The minimum Gasteiger partial charge on any atom is -0.461 e. The highest BCUT2D eigenvalue weighted by atomic mass is 35.5. The van der Waals surface area contributed by atoms with E-state index < -0.39 is 24.0 Å². The summed E-state index contributed by atoms with van der Waals surface area (Å²) in [4.78, 5) is 21.5. The maximum Gasteiger partial charge on any atom is 0.331 e. The number of carbonyl (C=O) groups excluding carboxylic acids is 2. The summed E-state index contributed by atoms with van der Waals surface area (Å²) in [5, 5.41) is 11.3. The smallest absolute Gasteiger partial charge is 0.331 e. The van der Waals surface area contributed by atoms with Crippen LogP contribution in [-0.4, -0.2) is 41.6 Å². The number of nitrogens with one attached hydrogen (secondary N) is 1. The Hall–Kier alpha value is -0.810. The van der Waals surface area contributed by atoms with E-state index in [0.717, 1.165) is 0 Å². The Morgan fingerprint density at radius 1 is 1.83 bits per heavy atom. The summed E-state index contributed by atoms with van der Waals surface area (Å²) in [6.45, 7) is -0.0773. The fourth-order valence-electron chi connectivity index (χ4n) is 0.878. The van der Waals surface area contributed by atoms with Crippen LogP contribution in [0.5, 0.6) is 0 Å². The van der Waals surface area contributed by atoms with Crippen molar-refractivity contribution in [3.63, 3.8) is 0 Å². The van der Waals surface area contributed by atoms with Gasteiger partial charge in [-0.15, -0.1) is 11.6 Å². The van der Waals surface area contributed by atoms with Crippen LogP contribution in [0.4, 0.5) is 0 Å². The molecule has 1 aliphatic rings. The quantitative estimate of drug-likeness (QED) is 0.419. The van der Waals surface area contributed by atoms with Crippen LogP contribution in [0.1, 0.15) is 0 Å². The fraction of sp³-hybridized carbons (Fsp3) is 0.667. The largest absolute Gasteiger partial charge is 0.461 e. The zero-order chi connectivity index (χ0) is 9.14. The summed E-state index contributed by atoms with van der Waals surface area (Å²) in [6, 6.07) is -0.962. The number of alkyl halides is 1. The number of aliphatic hydroxyl groups is 1. The average Bonchev–Trinajstić information content (AvgIpc) is 2.35. The SMILES string of the molecule is O=C(CCl)NC1C(=O)OCC1O. The van der Waals surface area contributed by atoms with Crippen molar-refractivity contribution in [1.82, 2.24) is 5.32 Å². The van der Waals surface area contributed by atoms with Crippen LogP contribution < -0.4 is 5.32 Å². The topological polar surface area (TPSA) is 75.6 Å². The second-order valence-electron chi connectivity index (χ2n) is 2.38. The summed E-state index contributed by atoms with van der Waals surface area (Å²) in [5.41, 5.74) is 0. The molecule has 5 nitrogen and oxygen atoms in total. The first-order valence-electron chi connectivity index (χ1n) is 3.35. The standard InChI is InChI=1S/C6H8ClNO4/c7-1-4(10)8-5-3(9)2-12-6(5)11/h3,5,9H,1-2H2,(H,8,10). The van der Waals surface area contributed by atoms with E-state index in [2.05, 4.69) is 10.1 Å². The third kappa shape index (κ3) is 1.86. The predicted molar refractivity (Wildman–Crippen MR) is 39.6 cm³/mol. The highest BCUT2D eigenvalue weighted by molar-refractivity contribution is 6.27. The molecule has 1 heterocycles. The van der Waals surface area contributed by atoms with Gasteiger partial charge >= 0.3 is 5.97 Å². The van der Waals surface area contributed by atoms with Gasteiger partial charge in [-0.1, -0.05) is 0 Å². The highest BCUT2D eigenvalue weighted by Gasteiger charge is 2.36. The number of esters is 1. The summed E-state index contributed by atoms with van der Waals surface area (Å²) < 4.78 is 4.48. The lowest BCUT2D eigenvalue weighted by Gasteiger charge is -2.10. The van der Waals surface area contributed by atoms with E-state index in [1.165, 1.54) is 0 Å². The molecular weight excluding hydrogens is 186 g/mol. The van der Waals surface area contributed by atoms with Gasteiger partial charge in [0.25, 0.3) is 0 Å². The van der Waals surface area contributed by atoms with Crippen molar-refractivity contribution in [3.05, 3.63) is 0 Å². The summed E-state index contributed by atoms with van der Waals surface area (Å²) >= 11 is 5.18. The van der Waals surface area contributed by atoms with Gasteiger partial charge in [0.15, 0.2) is 6.04 Å². The molecule has 0 aliphatic carbocycles. The van der Waals surface area contributed by atoms with Gasteiger partial charge in [0.2, 0.25) is 5.91 Å². The van der Waals surface area contributed by atoms with Crippen LogP contribution in [0, 0.1) is 0 Å². The van der Waals surface area contributed by atoms with Crippen molar-refractivity contribution < 1.29 is 19.4 Å². The lowest BCUT2D eigenvalue weighted by molar-refractivity contribution is -0.141. The van der Waals surface area contributed by atoms with Crippen LogP contribution in [0.2, 0.25) is 0 Å². The van der Waals surface area contributed by atoms with Gasteiger partial charge in [-0.05, 0) is 0 Å². The fourth-order valence-corrected chi connectivity index (χ4v) is 0.955. The molecule has 2 N–H and O–H groups in total. The van der Waals surface area contributed by atoms with E-state index in [1.54, 1.807) is 0 Å². The van der Waals surface area contributed by atoms with Crippen LogP contribution in [0.25, 0.3) is 0 Å². The third-order valence-electron chi connectivity index (χ3n) is 1.47. The van der Waals surface area contributed by atoms with E-state index in [-0.39, 0.29) is 12.5 Å². The zero-order valence-corrected chi connectivity index (χ0v) is 6.87. The van der Waals surface area contributed by atoms with E-state index in [0.29, 0.717) is 0 Å². The van der Waals surface area contributed by atoms with E-state index in [1.807, 2.05) is 0 Å². The van der Waals surface area contributed by atoms with Gasteiger partial charge in [-0.2, -0.15) is 0 Å². The van der Waals surface area contributed by atoms with Crippen molar-refractivity contribution >= 4 is 23.5 Å². The number of aliphatic hydroxyl groups excluding tert-OH is 1. The molecule has 0 bridgehead atoms. The predicted octanol–water partition coefficient (Wildman–Crippen LogP) is -1.37.